The number of aromatic nitrogens is 2. The standard InChI is InChI=1S/C10H17N3O/c11-9(7-14)4-2-1-3-5-10-6-12-8-13-10/h6-9H,1-5,11H2,(H,12,13). The second kappa shape index (κ2) is 6.32. The zero-order valence-corrected chi connectivity index (χ0v) is 8.28. The number of nitrogens with zero attached hydrogens (tertiary/aromatic N) is 1. The summed E-state index contributed by atoms with van der Waals surface area (Å²) in [4.78, 5) is 17.2. The molecule has 1 unspecified atom stereocenters. The normalized spacial score (nSPS) is 12.6. The molecule has 0 saturated heterocycles. The Morgan fingerprint density at radius 1 is 1.50 bits per heavy atom. The molecule has 0 aliphatic carbocycles. The lowest BCUT2D eigenvalue weighted by molar-refractivity contribution is -0.109. The fraction of sp³-hybridized carbons (Fsp3) is 0.600. The van der Waals surface area contributed by atoms with Gasteiger partial charge in [-0.05, 0) is 19.3 Å². The van der Waals surface area contributed by atoms with E-state index in [1.165, 1.54) is 5.69 Å². The van der Waals surface area contributed by atoms with Crippen molar-refractivity contribution < 1.29 is 4.79 Å². The van der Waals surface area contributed by atoms with E-state index in [0.29, 0.717) is 0 Å². The first-order chi connectivity index (χ1) is 6.83. The highest BCUT2D eigenvalue weighted by Gasteiger charge is 1.99. The van der Waals surface area contributed by atoms with Crippen molar-refractivity contribution >= 4 is 6.29 Å². The van der Waals surface area contributed by atoms with Crippen LogP contribution in [-0.4, -0.2) is 22.3 Å². The van der Waals surface area contributed by atoms with Crippen LogP contribution in [0.5, 0.6) is 0 Å². The van der Waals surface area contributed by atoms with Crippen molar-refractivity contribution in [3.8, 4) is 0 Å². The first-order valence-electron chi connectivity index (χ1n) is 5.01. The van der Waals surface area contributed by atoms with Gasteiger partial charge >= 0.3 is 0 Å². The van der Waals surface area contributed by atoms with Crippen LogP contribution in [0.2, 0.25) is 0 Å². The smallest absolute Gasteiger partial charge is 0.136 e. The lowest BCUT2D eigenvalue weighted by Crippen LogP contribution is -2.20. The van der Waals surface area contributed by atoms with Crippen molar-refractivity contribution in [2.45, 2.75) is 38.1 Å². The van der Waals surface area contributed by atoms with Gasteiger partial charge < -0.3 is 15.5 Å². The van der Waals surface area contributed by atoms with Gasteiger partial charge in [-0.25, -0.2) is 4.98 Å². The van der Waals surface area contributed by atoms with E-state index >= 15 is 0 Å². The number of aldehydes is 1. The lowest BCUT2D eigenvalue weighted by Gasteiger charge is -2.02. The van der Waals surface area contributed by atoms with Crippen LogP contribution < -0.4 is 5.73 Å². The summed E-state index contributed by atoms with van der Waals surface area (Å²) in [6.07, 6.45) is 9.43. The quantitative estimate of drug-likeness (QED) is 0.504. The third kappa shape index (κ3) is 4.18. The zero-order valence-electron chi connectivity index (χ0n) is 8.28. The minimum Gasteiger partial charge on any atom is -0.348 e. The highest BCUT2D eigenvalue weighted by atomic mass is 16.1. The van der Waals surface area contributed by atoms with E-state index in [-0.39, 0.29) is 6.04 Å². The van der Waals surface area contributed by atoms with Gasteiger partial charge in [-0.2, -0.15) is 0 Å². The SMILES string of the molecule is NC(C=O)CCCCCc1cnc[nH]1. The molecule has 0 bridgehead atoms. The second-order valence-electron chi connectivity index (χ2n) is 3.48. The number of hydrogen-bond acceptors (Lipinski definition) is 3. The Hall–Kier alpha value is -1.16. The first-order valence-corrected chi connectivity index (χ1v) is 5.01. The largest absolute Gasteiger partial charge is 0.348 e. The summed E-state index contributed by atoms with van der Waals surface area (Å²) in [5.41, 5.74) is 6.64. The Morgan fingerprint density at radius 2 is 2.36 bits per heavy atom. The Kier molecular flexibility index (Phi) is 4.93. The molecule has 1 aromatic heterocycles. The average molecular weight is 195 g/mol. The van der Waals surface area contributed by atoms with Gasteiger partial charge in [-0.15, -0.1) is 0 Å². The number of rotatable bonds is 7. The first kappa shape index (κ1) is 10.9. The zero-order chi connectivity index (χ0) is 10.2. The summed E-state index contributed by atoms with van der Waals surface area (Å²) in [7, 11) is 0. The van der Waals surface area contributed by atoms with E-state index in [1.807, 2.05) is 6.20 Å². The maximum Gasteiger partial charge on any atom is 0.136 e. The summed E-state index contributed by atoms with van der Waals surface area (Å²) in [6.45, 7) is 0. The van der Waals surface area contributed by atoms with Crippen LogP contribution in [0, 0.1) is 0 Å². The Labute approximate surface area is 83.9 Å². The number of H-pyrrole nitrogens is 1. The Morgan fingerprint density at radius 3 is 3.00 bits per heavy atom. The molecular weight excluding hydrogens is 178 g/mol. The topological polar surface area (TPSA) is 71.8 Å². The van der Waals surface area contributed by atoms with E-state index in [2.05, 4.69) is 9.97 Å². The second-order valence-corrected chi connectivity index (χ2v) is 3.48. The molecule has 78 valence electrons. The minimum atomic E-state index is -0.276. The molecular formula is C10H17N3O. The van der Waals surface area contributed by atoms with Crippen molar-refractivity contribution in [2.75, 3.05) is 0 Å². The molecule has 0 fully saturated rings. The third-order valence-corrected chi connectivity index (χ3v) is 2.21. The predicted octanol–water partition coefficient (Wildman–Crippen LogP) is 1.04. The molecule has 1 heterocycles. The van der Waals surface area contributed by atoms with E-state index in [4.69, 9.17) is 5.73 Å². The fourth-order valence-corrected chi connectivity index (χ4v) is 1.36. The maximum absolute atomic E-state index is 10.2. The third-order valence-electron chi connectivity index (χ3n) is 2.21. The van der Waals surface area contributed by atoms with Crippen molar-refractivity contribution in [2.24, 2.45) is 5.73 Å². The molecule has 0 aromatic carbocycles. The molecule has 0 aliphatic heterocycles. The van der Waals surface area contributed by atoms with E-state index in [9.17, 15) is 4.79 Å². The number of unbranched alkanes of at least 4 members (excludes halogenated alkanes) is 2. The number of nitrogens with one attached hydrogen (secondary N) is 1. The number of aryl methyl sites for hydroxylation is 1. The van der Waals surface area contributed by atoms with Crippen LogP contribution in [0.25, 0.3) is 0 Å². The van der Waals surface area contributed by atoms with Crippen LogP contribution in [0.1, 0.15) is 31.4 Å². The van der Waals surface area contributed by atoms with Crippen molar-refractivity contribution in [3.05, 3.63) is 18.2 Å². The summed E-state index contributed by atoms with van der Waals surface area (Å²) in [5.74, 6) is 0. The molecule has 0 spiro atoms. The minimum absolute atomic E-state index is 0.276. The van der Waals surface area contributed by atoms with Crippen molar-refractivity contribution in [1.29, 1.82) is 0 Å². The van der Waals surface area contributed by atoms with Gasteiger partial charge in [0.05, 0.1) is 12.4 Å². The summed E-state index contributed by atoms with van der Waals surface area (Å²) in [5, 5.41) is 0. The molecule has 0 aliphatic rings. The fourth-order valence-electron chi connectivity index (χ4n) is 1.36. The van der Waals surface area contributed by atoms with Crippen molar-refractivity contribution in [1.82, 2.24) is 9.97 Å². The Balaban J connectivity index is 1.97. The molecule has 14 heavy (non-hydrogen) atoms. The van der Waals surface area contributed by atoms with Crippen LogP contribution in [-0.2, 0) is 11.2 Å². The number of carbonyl (C=O) groups excluding carboxylic acids is 1. The molecule has 1 rings (SSSR count). The highest BCUT2D eigenvalue weighted by molar-refractivity contribution is 5.56. The van der Waals surface area contributed by atoms with Crippen LogP contribution in [0.3, 0.4) is 0 Å². The molecule has 0 radical (unpaired) electrons. The van der Waals surface area contributed by atoms with E-state index in [0.717, 1.165) is 38.4 Å². The van der Waals surface area contributed by atoms with Crippen molar-refractivity contribution in [3.63, 3.8) is 0 Å². The summed E-state index contributed by atoms with van der Waals surface area (Å²) in [6, 6.07) is -0.276. The number of nitrogens with two attached hydrogens (primary N) is 1. The van der Waals surface area contributed by atoms with Gasteiger partial charge in [0.2, 0.25) is 0 Å². The molecule has 4 heteroatoms. The Bertz CT molecular complexity index is 246. The number of imidazole rings is 1. The van der Waals surface area contributed by atoms with Gasteiger partial charge in [0.1, 0.15) is 6.29 Å². The number of carbonyl (C=O) groups is 1. The van der Waals surface area contributed by atoms with Gasteiger partial charge in [-0.1, -0.05) is 12.8 Å². The van der Waals surface area contributed by atoms with Crippen LogP contribution >= 0.6 is 0 Å². The molecule has 3 N–H and O–H groups in total. The van der Waals surface area contributed by atoms with E-state index < -0.39 is 0 Å². The van der Waals surface area contributed by atoms with Gasteiger partial charge in [-0.3, -0.25) is 0 Å². The van der Waals surface area contributed by atoms with Crippen LogP contribution in [0.4, 0.5) is 0 Å². The van der Waals surface area contributed by atoms with Gasteiger partial charge in [0.25, 0.3) is 0 Å². The molecule has 0 amide bonds. The molecule has 1 aromatic rings. The number of aromatic amines is 1. The molecule has 4 nitrogen and oxygen atoms in total. The van der Waals surface area contributed by atoms with Crippen LogP contribution in [0.15, 0.2) is 12.5 Å². The highest BCUT2D eigenvalue weighted by Crippen LogP contribution is 2.05. The predicted molar refractivity (Wildman–Crippen MR) is 54.8 cm³/mol. The molecule has 1 atom stereocenters. The van der Waals surface area contributed by atoms with Gasteiger partial charge in [0, 0.05) is 11.9 Å². The monoisotopic (exact) mass is 195 g/mol. The lowest BCUT2D eigenvalue weighted by atomic mass is 10.1. The average Bonchev–Trinajstić information content (AvgIpc) is 2.69. The molecule has 0 saturated carbocycles. The van der Waals surface area contributed by atoms with E-state index in [1.54, 1.807) is 6.33 Å². The maximum atomic E-state index is 10.2. The van der Waals surface area contributed by atoms with Gasteiger partial charge in [0.15, 0.2) is 0 Å². The summed E-state index contributed by atoms with van der Waals surface area (Å²) < 4.78 is 0. The number of hydrogen-bond donors (Lipinski definition) is 2. The summed E-state index contributed by atoms with van der Waals surface area (Å²) >= 11 is 0.